The van der Waals surface area contributed by atoms with Gasteiger partial charge in [-0.25, -0.2) is 0 Å². The predicted molar refractivity (Wildman–Crippen MR) is 92.0 cm³/mol. The minimum absolute atomic E-state index is 0.0386. The van der Waals surface area contributed by atoms with Crippen LogP contribution in [0.4, 0.5) is 11.4 Å². The fourth-order valence-corrected chi connectivity index (χ4v) is 3.22. The topological polar surface area (TPSA) is 55.2 Å². The van der Waals surface area contributed by atoms with Crippen LogP contribution in [0.15, 0.2) is 45.3 Å². The van der Waals surface area contributed by atoms with E-state index in [0.717, 1.165) is 15.7 Å². The average molecular weight is 435 g/mol. The second-order valence-corrected chi connectivity index (χ2v) is 6.63. The molecule has 0 bridgehead atoms. The SMILES string of the molecule is CC(Nc1ccc([N+](=O)[O-])cc1Br)c1ccc(Br)cc1Cl. The molecule has 21 heavy (non-hydrogen) atoms. The molecule has 0 saturated carbocycles. The Morgan fingerprint density at radius 2 is 1.95 bits per heavy atom. The Morgan fingerprint density at radius 1 is 1.24 bits per heavy atom. The van der Waals surface area contributed by atoms with E-state index < -0.39 is 4.92 Å². The summed E-state index contributed by atoms with van der Waals surface area (Å²) in [6, 6.07) is 10.3. The first-order valence-electron chi connectivity index (χ1n) is 6.04. The second kappa shape index (κ2) is 6.77. The summed E-state index contributed by atoms with van der Waals surface area (Å²) in [6.07, 6.45) is 0. The van der Waals surface area contributed by atoms with E-state index in [2.05, 4.69) is 37.2 Å². The zero-order valence-corrected chi connectivity index (χ0v) is 14.9. The van der Waals surface area contributed by atoms with Crippen LogP contribution in [0.1, 0.15) is 18.5 Å². The van der Waals surface area contributed by atoms with Crippen LogP contribution >= 0.6 is 43.5 Å². The van der Waals surface area contributed by atoms with Gasteiger partial charge in [-0.15, -0.1) is 0 Å². The first-order valence-corrected chi connectivity index (χ1v) is 8.00. The van der Waals surface area contributed by atoms with Gasteiger partial charge in [-0.2, -0.15) is 0 Å². The largest absolute Gasteiger partial charge is 0.378 e. The lowest BCUT2D eigenvalue weighted by Gasteiger charge is -2.18. The minimum atomic E-state index is -0.427. The Balaban J connectivity index is 2.23. The molecule has 110 valence electrons. The van der Waals surface area contributed by atoms with Crippen LogP contribution in [0.5, 0.6) is 0 Å². The molecule has 0 aromatic heterocycles. The van der Waals surface area contributed by atoms with Crippen molar-refractivity contribution in [2.75, 3.05) is 5.32 Å². The summed E-state index contributed by atoms with van der Waals surface area (Å²) in [5.74, 6) is 0. The zero-order chi connectivity index (χ0) is 15.6. The third-order valence-electron chi connectivity index (χ3n) is 2.96. The molecule has 0 amide bonds. The summed E-state index contributed by atoms with van der Waals surface area (Å²) in [4.78, 5) is 10.3. The first kappa shape index (κ1) is 16.3. The minimum Gasteiger partial charge on any atom is -0.378 e. The van der Waals surface area contributed by atoms with Crippen LogP contribution < -0.4 is 5.32 Å². The molecule has 0 spiro atoms. The fourth-order valence-electron chi connectivity index (χ4n) is 1.90. The van der Waals surface area contributed by atoms with E-state index in [0.29, 0.717) is 9.50 Å². The summed E-state index contributed by atoms with van der Waals surface area (Å²) in [7, 11) is 0. The van der Waals surface area contributed by atoms with Crippen molar-refractivity contribution in [1.82, 2.24) is 0 Å². The van der Waals surface area contributed by atoms with Gasteiger partial charge in [-0.3, -0.25) is 10.1 Å². The molecule has 4 nitrogen and oxygen atoms in total. The fraction of sp³-hybridized carbons (Fsp3) is 0.143. The van der Waals surface area contributed by atoms with Gasteiger partial charge >= 0.3 is 0 Å². The third-order valence-corrected chi connectivity index (χ3v) is 4.44. The second-order valence-electron chi connectivity index (χ2n) is 4.45. The molecule has 1 atom stereocenters. The van der Waals surface area contributed by atoms with Crippen molar-refractivity contribution in [2.45, 2.75) is 13.0 Å². The molecular formula is C14H11Br2ClN2O2. The van der Waals surface area contributed by atoms with Crippen LogP contribution in [0.3, 0.4) is 0 Å². The molecule has 2 aromatic carbocycles. The van der Waals surface area contributed by atoms with Gasteiger partial charge in [0, 0.05) is 31.8 Å². The number of hydrogen-bond acceptors (Lipinski definition) is 3. The molecule has 0 aliphatic rings. The van der Waals surface area contributed by atoms with Crippen LogP contribution in [0.25, 0.3) is 0 Å². The smallest absolute Gasteiger partial charge is 0.270 e. The van der Waals surface area contributed by atoms with Gasteiger partial charge in [-0.05, 0) is 46.6 Å². The van der Waals surface area contributed by atoms with E-state index in [-0.39, 0.29) is 11.7 Å². The van der Waals surface area contributed by atoms with E-state index in [1.54, 1.807) is 6.07 Å². The Morgan fingerprint density at radius 3 is 2.52 bits per heavy atom. The molecule has 2 aromatic rings. The highest BCUT2D eigenvalue weighted by Gasteiger charge is 2.13. The van der Waals surface area contributed by atoms with Gasteiger partial charge in [0.15, 0.2) is 0 Å². The summed E-state index contributed by atoms with van der Waals surface area (Å²) in [5, 5.41) is 14.7. The number of nitro groups is 1. The highest BCUT2D eigenvalue weighted by atomic mass is 79.9. The first-order chi connectivity index (χ1) is 9.88. The maximum atomic E-state index is 10.7. The summed E-state index contributed by atoms with van der Waals surface area (Å²) in [6.45, 7) is 1.98. The van der Waals surface area contributed by atoms with Gasteiger partial charge in [0.1, 0.15) is 0 Å². The Bertz CT molecular complexity index is 695. The lowest BCUT2D eigenvalue weighted by Crippen LogP contribution is -2.07. The zero-order valence-electron chi connectivity index (χ0n) is 10.9. The number of non-ortho nitro benzene ring substituents is 1. The molecule has 0 fully saturated rings. The van der Waals surface area contributed by atoms with Gasteiger partial charge in [0.2, 0.25) is 0 Å². The van der Waals surface area contributed by atoms with E-state index in [1.165, 1.54) is 12.1 Å². The molecule has 7 heteroatoms. The molecule has 0 aliphatic carbocycles. The van der Waals surface area contributed by atoms with E-state index >= 15 is 0 Å². The number of nitrogens with one attached hydrogen (secondary N) is 1. The highest BCUT2D eigenvalue weighted by molar-refractivity contribution is 9.10. The number of nitro benzene ring substituents is 1. The molecule has 0 heterocycles. The highest BCUT2D eigenvalue weighted by Crippen LogP contribution is 2.32. The molecule has 2 rings (SSSR count). The normalized spacial score (nSPS) is 12.0. The molecular weight excluding hydrogens is 423 g/mol. The molecule has 0 radical (unpaired) electrons. The molecule has 0 saturated heterocycles. The number of hydrogen-bond donors (Lipinski definition) is 1. The quantitative estimate of drug-likeness (QED) is 0.478. The lowest BCUT2D eigenvalue weighted by atomic mass is 10.1. The number of benzene rings is 2. The van der Waals surface area contributed by atoms with Crippen LogP contribution in [-0.2, 0) is 0 Å². The maximum Gasteiger partial charge on any atom is 0.270 e. The number of anilines is 1. The van der Waals surface area contributed by atoms with Crippen molar-refractivity contribution in [3.05, 3.63) is 66.0 Å². The average Bonchev–Trinajstić information content (AvgIpc) is 2.40. The summed E-state index contributed by atoms with van der Waals surface area (Å²) >= 11 is 12.9. The number of rotatable bonds is 4. The number of halogens is 3. The van der Waals surface area contributed by atoms with E-state index in [4.69, 9.17) is 11.6 Å². The van der Waals surface area contributed by atoms with Crippen molar-refractivity contribution in [3.8, 4) is 0 Å². The molecule has 1 N–H and O–H groups in total. The van der Waals surface area contributed by atoms with Crippen LogP contribution in [0, 0.1) is 10.1 Å². The summed E-state index contributed by atoms with van der Waals surface area (Å²) in [5.41, 5.74) is 1.76. The van der Waals surface area contributed by atoms with Gasteiger partial charge in [0.05, 0.1) is 11.0 Å². The predicted octanol–water partition coefficient (Wildman–Crippen LogP) is 5.95. The maximum absolute atomic E-state index is 10.7. The van der Waals surface area contributed by atoms with Crippen molar-refractivity contribution in [1.29, 1.82) is 0 Å². The lowest BCUT2D eigenvalue weighted by molar-refractivity contribution is -0.384. The van der Waals surface area contributed by atoms with Gasteiger partial charge in [-0.1, -0.05) is 33.6 Å². The number of nitrogens with zero attached hydrogens (tertiary/aromatic N) is 1. The standard InChI is InChI=1S/C14H11Br2ClN2O2/c1-8(11-4-2-9(15)6-13(11)17)18-14-5-3-10(19(20)21)7-12(14)16/h2-8,18H,1H3. The third kappa shape index (κ3) is 3.96. The van der Waals surface area contributed by atoms with Crippen LogP contribution in [0.2, 0.25) is 5.02 Å². The van der Waals surface area contributed by atoms with Crippen molar-refractivity contribution < 1.29 is 4.92 Å². The van der Waals surface area contributed by atoms with Gasteiger partial charge < -0.3 is 5.32 Å². The molecule has 0 aliphatic heterocycles. The summed E-state index contributed by atoms with van der Waals surface area (Å²) < 4.78 is 1.55. The Kier molecular flexibility index (Phi) is 5.24. The van der Waals surface area contributed by atoms with E-state index in [1.807, 2.05) is 25.1 Å². The van der Waals surface area contributed by atoms with E-state index in [9.17, 15) is 10.1 Å². The Hall–Kier alpha value is -1.11. The molecule has 1 unspecified atom stereocenters. The monoisotopic (exact) mass is 432 g/mol. The van der Waals surface area contributed by atoms with Gasteiger partial charge in [0.25, 0.3) is 5.69 Å². The van der Waals surface area contributed by atoms with Crippen molar-refractivity contribution in [3.63, 3.8) is 0 Å². The van der Waals surface area contributed by atoms with Crippen molar-refractivity contribution in [2.24, 2.45) is 0 Å². The van der Waals surface area contributed by atoms with Crippen LogP contribution in [-0.4, -0.2) is 4.92 Å². The van der Waals surface area contributed by atoms with Crippen molar-refractivity contribution >= 4 is 54.8 Å². The Labute approximate surface area is 143 Å².